The van der Waals surface area contributed by atoms with Crippen LogP contribution in [-0.4, -0.2) is 18.7 Å². The standard InChI is InChI=1S/C5H4Cl3N3/c6-5(7,8)1-4-10-2-9-3-11-4/h2-3H,1H2. The molecule has 0 amide bonds. The van der Waals surface area contributed by atoms with E-state index in [1.165, 1.54) is 12.7 Å². The molecule has 0 radical (unpaired) electrons. The molecule has 0 unspecified atom stereocenters. The Bertz CT molecular complexity index is 220. The van der Waals surface area contributed by atoms with Crippen molar-refractivity contribution < 1.29 is 0 Å². The molecule has 0 aliphatic heterocycles. The van der Waals surface area contributed by atoms with Crippen LogP contribution in [0.3, 0.4) is 0 Å². The van der Waals surface area contributed by atoms with Crippen LogP contribution in [0.15, 0.2) is 12.7 Å². The lowest BCUT2D eigenvalue weighted by Gasteiger charge is -2.07. The Morgan fingerprint density at radius 1 is 1.18 bits per heavy atom. The molecule has 0 spiro atoms. The van der Waals surface area contributed by atoms with Gasteiger partial charge < -0.3 is 0 Å². The molecular formula is C5H4Cl3N3. The molecule has 1 heterocycles. The molecule has 3 nitrogen and oxygen atoms in total. The van der Waals surface area contributed by atoms with Crippen molar-refractivity contribution in [2.24, 2.45) is 0 Å². The van der Waals surface area contributed by atoms with Crippen LogP contribution >= 0.6 is 34.8 Å². The van der Waals surface area contributed by atoms with Crippen molar-refractivity contribution in [3.05, 3.63) is 18.5 Å². The van der Waals surface area contributed by atoms with Crippen molar-refractivity contribution in [3.8, 4) is 0 Å². The fourth-order valence-corrected chi connectivity index (χ4v) is 0.892. The third-order valence-corrected chi connectivity index (χ3v) is 1.31. The zero-order chi connectivity index (χ0) is 8.32. The van der Waals surface area contributed by atoms with Gasteiger partial charge in [-0.3, -0.25) is 0 Å². The SMILES string of the molecule is ClC(Cl)(Cl)Cc1ncncn1. The Hall–Kier alpha value is -0.120. The third-order valence-electron chi connectivity index (χ3n) is 0.905. The fourth-order valence-electron chi connectivity index (χ4n) is 0.534. The van der Waals surface area contributed by atoms with Gasteiger partial charge in [0, 0.05) is 0 Å². The van der Waals surface area contributed by atoms with Gasteiger partial charge in [-0.1, -0.05) is 34.8 Å². The molecule has 11 heavy (non-hydrogen) atoms. The van der Waals surface area contributed by atoms with Crippen molar-refractivity contribution in [1.29, 1.82) is 0 Å². The quantitative estimate of drug-likeness (QED) is 0.666. The number of rotatable bonds is 1. The number of nitrogens with zero attached hydrogens (tertiary/aromatic N) is 3. The minimum absolute atomic E-state index is 0.195. The van der Waals surface area contributed by atoms with Gasteiger partial charge >= 0.3 is 0 Å². The first kappa shape index (κ1) is 8.97. The zero-order valence-electron chi connectivity index (χ0n) is 5.34. The Balaban J connectivity index is 2.66. The molecule has 0 saturated carbocycles. The second-order valence-corrected chi connectivity index (χ2v) is 4.36. The summed E-state index contributed by atoms with van der Waals surface area (Å²) in [6.45, 7) is 0. The van der Waals surface area contributed by atoms with Crippen LogP contribution in [0.1, 0.15) is 5.82 Å². The predicted octanol–water partition coefficient (Wildman–Crippen LogP) is 1.78. The van der Waals surface area contributed by atoms with Crippen molar-refractivity contribution in [1.82, 2.24) is 15.0 Å². The first-order chi connectivity index (χ1) is 5.08. The summed E-state index contributed by atoms with van der Waals surface area (Å²) in [4.78, 5) is 11.2. The molecule has 0 aromatic carbocycles. The van der Waals surface area contributed by atoms with Crippen molar-refractivity contribution >= 4 is 34.8 Å². The molecule has 0 fully saturated rings. The minimum Gasteiger partial charge on any atom is -0.225 e. The van der Waals surface area contributed by atoms with Crippen LogP contribution in [0.2, 0.25) is 0 Å². The largest absolute Gasteiger partial charge is 0.225 e. The zero-order valence-corrected chi connectivity index (χ0v) is 7.61. The van der Waals surface area contributed by atoms with E-state index in [0.29, 0.717) is 5.82 Å². The Kier molecular flexibility index (Phi) is 2.87. The van der Waals surface area contributed by atoms with Crippen LogP contribution < -0.4 is 0 Å². The van der Waals surface area contributed by atoms with Crippen LogP contribution in [0.5, 0.6) is 0 Å². The summed E-state index contributed by atoms with van der Waals surface area (Å²) in [7, 11) is 0. The first-order valence-electron chi connectivity index (χ1n) is 2.75. The summed E-state index contributed by atoms with van der Waals surface area (Å²) in [6.07, 6.45) is 2.91. The van der Waals surface area contributed by atoms with E-state index in [2.05, 4.69) is 15.0 Å². The van der Waals surface area contributed by atoms with Crippen LogP contribution in [0.25, 0.3) is 0 Å². The highest BCUT2D eigenvalue weighted by Gasteiger charge is 2.21. The predicted molar refractivity (Wildman–Crippen MR) is 43.8 cm³/mol. The highest BCUT2D eigenvalue weighted by atomic mass is 35.6. The average molecular weight is 212 g/mol. The van der Waals surface area contributed by atoms with Gasteiger partial charge in [0.25, 0.3) is 0 Å². The molecule has 0 atom stereocenters. The van der Waals surface area contributed by atoms with Crippen molar-refractivity contribution in [3.63, 3.8) is 0 Å². The van der Waals surface area contributed by atoms with Gasteiger partial charge in [-0.2, -0.15) is 0 Å². The molecule has 0 aliphatic carbocycles. The van der Waals surface area contributed by atoms with E-state index in [0.717, 1.165) is 0 Å². The van der Waals surface area contributed by atoms with Gasteiger partial charge in [0.2, 0.25) is 0 Å². The normalized spacial score (nSPS) is 11.5. The molecular weight excluding hydrogens is 208 g/mol. The fraction of sp³-hybridized carbons (Fsp3) is 0.400. The lowest BCUT2D eigenvalue weighted by Crippen LogP contribution is -2.09. The van der Waals surface area contributed by atoms with E-state index in [4.69, 9.17) is 34.8 Å². The number of alkyl halides is 3. The van der Waals surface area contributed by atoms with E-state index in [9.17, 15) is 0 Å². The van der Waals surface area contributed by atoms with Gasteiger partial charge in [0.15, 0.2) is 3.79 Å². The van der Waals surface area contributed by atoms with Gasteiger partial charge in [-0.25, -0.2) is 15.0 Å². The number of halogens is 3. The summed E-state index contributed by atoms with van der Waals surface area (Å²) in [5.74, 6) is 0.472. The summed E-state index contributed by atoms with van der Waals surface area (Å²) >= 11 is 16.5. The average Bonchev–Trinajstić information content (AvgIpc) is 1.85. The monoisotopic (exact) mass is 211 g/mol. The van der Waals surface area contributed by atoms with Gasteiger partial charge in [0.1, 0.15) is 18.5 Å². The first-order valence-corrected chi connectivity index (χ1v) is 3.89. The van der Waals surface area contributed by atoms with E-state index in [-0.39, 0.29) is 6.42 Å². The van der Waals surface area contributed by atoms with Crippen LogP contribution in [0.4, 0.5) is 0 Å². The van der Waals surface area contributed by atoms with E-state index >= 15 is 0 Å². The number of hydrogen-bond acceptors (Lipinski definition) is 3. The van der Waals surface area contributed by atoms with Gasteiger partial charge in [-0.05, 0) is 0 Å². The molecule has 0 bridgehead atoms. The minimum atomic E-state index is -1.33. The van der Waals surface area contributed by atoms with E-state index < -0.39 is 3.79 Å². The molecule has 1 aromatic rings. The summed E-state index contributed by atoms with van der Waals surface area (Å²) in [5, 5.41) is 0. The maximum absolute atomic E-state index is 5.50. The highest BCUT2D eigenvalue weighted by Crippen LogP contribution is 2.28. The summed E-state index contributed by atoms with van der Waals surface area (Å²) in [6, 6.07) is 0. The Morgan fingerprint density at radius 3 is 2.18 bits per heavy atom. The molecule has 60 valence electrons. The molecule has 0 saturated heterocycles. The van der Waals surface area contributed by atoms with E-state index in [1.54, 1.807) is 0 Å². The summed E-state index contributed by atoms with van der Waals surface area (Å²) in [5.41, 5.74) is 0. The highest BCUT2D eigenvalue weighted by molar-refractivity contribution is 6.67. The Morgan fingerprint density at radius 2 is 1.73 bits per heavy atom. The third kappa shape index (κ3) is 3.70. The molecule has 0 N–H and O–H groups in total. The maximum atomic E-state index is 5.50. The van der Waals surface area contributed by atoms with Crippen LogP contribution in [-0.2, 0) is 6.42 Å². The van der Waals surface area contributed by atoms with Crippen molar-refractivity contribution in [2.75, 3.05) is 0 Å². The van der Waals surface area contributed by atoms with E-state index in [1.807, 2.05) is 0 Å². The smallest absolute Gasteiger partial charge is 0.197 e. The molecule has 1 aromatic heterocycles. The number of aromatic nitrogens is 3. The van der Waals surface area contributed by atoms with Gasteiger partial charge in [0.05, 0.1) is 6.42 Å². The number of hydrogen-bond donors (Lipinski definition) is 0. The lowest BCUT2D eigenvalue weighted by molar-refractivity contribution is 0.857. The second kappa shape index (κ2) is 3.52. The topological polar surface area (TPSA) is 38.7 Å². The maximum Gasteiger partial charge on any atom is 0.197 e. The lowest BCUT2D eigenvalue weighted by atomic mass is 10.4. The Labute approximate surface area is 78.7 Å². The van der Waals surface area contributed by atoms with Crippen molar-refractivity contribution in [2.45, 2.75) is 10.2 Å². The summed E-state index contributed by atoms with van der Waals surface area (Å²) < 4.78 is -1.33. The molecule has 1 rings (SSSR count). The van der Waals surface area contributed by atoms with Crippen LogP contribution in [0, 0.1) is 0 Å². The second-order valence-electron chi connectivity index (χ2n) is 1.85. The van der Waals surface area contributed by atoms with Gasteiger partial charge in [-0.15, -0.1) is 0 Å². The molecule has 0 aliphatic rings. The molecule has 6 heteroatoms.